The highest BCUT2D eigenvalue weighted by atomic mass is 16.5. The number of hydrogen-bond donors (Lipinski definition) is 2. The minimum Gasteiger partial charge on any atom is -0.486 e. The molecule has 0 fully saturated rings. The second-order valence-corrected chi connectivity index (χ2v) is 4.81. The average molecular weight is 314 g/mol. The SMILES string of the molecule is O=C(COc1ccc(C(=O)O)c(C(=O)O)c1)Cc1ccccc1. The molecule has 0 aliphatic heterocycles. The second kappa shape index (κ2) is 7.22. The fraction of sp³-hybridized carbons (Fsp3) is 0.118. The van der Waals surface area contributed by atoms with Gasteiger partial charge in [0, 0.05) is 6.42 Å². The number of ketones is 1. The van der Waals surface area contributed by atoms with Crippen LogP contribution in [0.3, 0.4) is 0 Å². The summed E-state index contributed by atoms with van der Waals surface area (Å²) in [5.74, 6) is -2.75. The van der Waals surface area contributed by atoms with Gasteiger partial charge in [-0.25, -0.2) is 9.59 Å². The lowest BCUT2D eigenvalue weighted by Crippen LogP contribution is -2.14. The number of rotatable bonds is 7. The van der Waals surface area contributed by atoms with Crippen molar-refractivity contribution in [3.05, 3.63) is 65.2 Å². The molecule has 6 heteroatoms. The fourth-order valence-corrected chi connectivity index (χ4v) is 2.01. The van der Waals surface area contributed by atoms with Crippen LogP contribution in [-0.2, 0) is 11.2 Å². The highest BCUT2D eigenvalue weighted by Crippen LogP contribution is 2.18. The van der Waals surface area contributed by atoms with Crippen LogP contribution in [0.2, 0.25) is 0 Å². The lowest BCUT2D eigenvalue weighted by Gasteiger charge is -2.08. The zero-order valence-corrected chi connectivity index (χ0v) is 12.1. The maximum absolute atomic E-state index is 11.8. The van der Waals surface area contributed by atoms with Crippen LogP contribution >= 0.6 is 0 Å². The normalized spacial score (nSPS) is 10.1. The number of carbonyl (C=O) groups is 3. The Morgan fingerprint density at radius 3 is 2.13 bits per heavy atom. The molecule has 0 atom stereocenters. The molecule has 0 aliphatic carbocycles. The van der Waals surface area contributed by atoms with Crippen LogP contribution in [0, 0.1) is 0 Å². The maximum atomic E-state index is 11.8. The van der Waals surface area contributed by atoms with E-state index >= 15 is 0 Å². The molecule has 0 bridgehead atoms. The van der Waals surface area contributed by atoms with Crippen molar-refractivity contribution in [1.29, 1.82) is 0 Å². The molecule has 0 saturated heterocycles. The number of aromatic carboxylic acids is 2. The summed E-state index contributed by atoms with van der Waals surface area (Å²) < 4.78 is 5.26. The van der Waals surface area contributed by atoms with Crippen LogP contribution in [0.15, 0.2) is 48.5 Å². The highest BCUT2D eigenvalue weighted by Gasteiger charge is 2.17. The van der Waals surface area contributed by atoms with Crippen LogP contribution in [-0.4, -0.2) is 34.5 Å². The number of carboxylic acid groups (broad SMARTS) is 2. The first-order valence-corrected chi connectivity index (χ1v) is 6.76. The summed E-state index contributed by atoms with van der Waals surface area (Å²) in [6, 6.07) is 12.7. The van der Waals surface area contributed by atoms with Crippen LogP contribution in [0.1, 0.15) is 26.3 Å². The van der Waals surface area contributed by atoms with Crippen molar-refractivity contribution in [1.82, 2.24) is 0 Å². The van der Waals surface area contributed by atoms with Gasteiger partial charge in [0.05, 0.1) is 11.1 Å². The summed E-state index contributed by atoms with van der Waals surface area (Å²) in [6.45, 7) is -0.222. The molecular formula is C17H14O6. The van der Waals surface area contributed by atoms with E-state index in [0.29, 0.717) is 0 Å². The second-order valence-electron chi connectivity index (χ2n) is 4.81. The molecule has 0 saturated carbocycles. The number of hydrogen-bond acceptors (Lipinski definition) is 4. The van der Waals surface area contributed by atoms with E-state index in [2.05, 4.69) is 0 Å². The summed E-state index contributed by atoms with van der Waals surface area (Å²) in [5, 5.41) is 18.0. The van der Waals surface area contributed by atoms with Gasteiger partial charge in [-0.05, 0) is 23.8 Å². The molecule has 2 rings (SSSR count). The number of ether oxygens (including phenoxy) is 1. The smallest absolute Gasteiger partial charge is 0.336 e. The molecular weight excluding hydrogens is 300 g/mol. The van der Waals surface area contributed by atoms with E-state index in [1.165, 1.54) is 6.07 Å². The Morgan fingerprint density at radius 2 is 1.52 bits per heavy atom. The molecule has 0 radical (unpaired) electrons. The van der Waals surface area contributed by atoms with E-state index in [1.54, 1.807) is 0 Å². The van der Waals surface area contributed by atoms with Crippen LogP contribution in [0.4, 0.5) is 0 Å². The molecule has 0 unspecified atom stereocenters. The van der Waals surface area contributed by atoms with Gasteiger partial charge in [-0.3, -0.25) is 4.79 Å². The van der Waals surface area contributed by atoms with Gasteiger partial charge in [0.1, 0.15) is 12.4 Å². The zero-order chi connectivity index (χ0) is 16.8. The first-order valence-electron chi connectivity index (χ1n) is 6.76. The standard InChI is InChI=1S/C17H14O6/c18-12(8-11-4-2-1-3-5-11)10-23-13-6-7-14(16(19)20)15(9-13)17(21)22/h1-7,9H,8,10H2,(H,19,20)(H,21,22). The van der Waals surface area contributed by atoms with Gasteiger partial charge in [-0.15, -0.1) is 0 Å². The molecule has 0 aromatic heterocycles. The van der Waals surface area contributed by atoms with Crippen molar-refractivity contribution < 1.29 is 29.3 Å². The lowest BCUT2D eigenvalue weighted by molar-refractivity contribution is -0.120. The molecule has 2 N–H and O–H groups in total. The van der Waals surface area contributed by atoms with E-state index in [9.17, 15) is 14.4 Å². The largest absolute Gasteiger partial charge is 0.486 e. The zero-order valence-electron chi connectivity index (χ0n) is 12.1. The van der Waals surface area contributed by atoms with Crippen LogP contribution in [0.25, 0.3) is 0 Å². The Labute approximate surface area is 131 Å². The monoisotopic (exact) mass is 314 g/mol. The van der Waals surface area contributed by atoms with Gasteiger partial charge in [0.15, 0.2) is 5.78 Å². The molecule has 0 aliphatic rings. The third-order valence-corrected chi connectivity index (χ3v) is 3.10. The van der Waals surface area contributed by atoms with Gasteiger partial charge in [0.2, 0.25) is 0 Å². The molecule has 0 amide bonds. The van der Waals surface area contributed by atoms with Gasteiger partial charge >= 0.3 is 11.9 Å². The van der Waals surface area contributed by atoms with Gasteiger partial charge in [-0.1, -0.05) is 30.3 Å². The van der Waals surface area contributed by atoms with Gasteiger partial charge in [0.25, 0.3) is 0 Å². The molecule has 118 valence electrons. The fourth-order valence-electron chi connectivity index (χ4n) is 2.01. The van der Waals surface area contributed by atoms with Crippen molar-refractivity contribution >= 4 is 17.7 Å². The third-order valence-electron chi connectivity index (χ3n) is 3.10. The van der Waals surface area contributed by atoms with Crippen molar-refractivity contribution in [3.8, 4) is 5.75 Å². The van der Waals surface area contributed by atoms with E-state index in [1.807, 2.05) is 30.3 Å². The van der Waals surface area contributed by atoms with Gasteiger partial charge < -0.3 is 14.9 Å². The summed E-state index contributed by atoms with van der Waals surface area (Å²) in [4.78, 5) is 33.9. The number of carboxylic acids is 2. The van der Waals surface area contributed by atoms with Crippen molar-refractivity contribution in [2.45, 2.75) is 6.42 Å². The number of benzene rings is 2. The topological polar surface area (TPSA) is 101 Å². The van der Waals surface area contributed by atoms with E-state index < -0.39 is 11.9 Å². The predicted octanol–water partition coefficient (Wildman–Crippen LogP) is 2.27. The quantitative estimate of drug-likeness (QED) is 0.813. The van der Waals surface area contributed by atoms with Crippen molar-refractivity contribution in [3.63, 3.8) is 0 Å². The Kier molecular flexibility index (Phi) is 5.09. The minimum atomic E-state index is -1.37. The van der Waals surface area contributed by atoms with E-state index in [0.717, 1.165) is 17.7 Å². The van der Waals surface area contributed by atoms with E-state index in [4.69, 9.17) is 14.9 Å². The molecule has 2 aromatic carbocycles. The van der Waals surface area contributed by atoms with Gasteiger partial charge in [-0.2, -0.15) is 0 Å². The summed E-state index contributed by atoms with van der Waals surface area (Å²) in [7, 11) is 0. The van der Waals surface area contributed by atoms with Crippen LogP contribution in [0.5, 0.6) is 5.75 Å². The predicted molar refractivity (Wildman–Crippen MR) is 81.0 cm³/mol. The Bertz CT molecular complexity index is 736. The first kappa shape index (κ1) is 16.2. The minimum absolute atomic E-state index is 0.133. The van der Waals surface area contributed by atoms with Crippen LogP contribution < -0.4 is 4.74 Å². The Morgan fingerprint density at radius 1 is 0.870 bits per heavy atom. The number of carbonyl (C=O) groups excluding carboxylic acids is 1. The summed E-state index contributed by atoms with van der Waals surface area (Å²) in [5.41, 5.74) is 0.138. The lowest BCUT2D eigenvalue weighted by atomic mass is 10.1. The van der Waals surface area contributed by atoms with E-state index in [-0.39, 0.29) is 35.7 Å². The molecule has 0 spiro atoms. The number of Topliss-reactive ketones (excluding diaryl/α,β-unsaturated/α-hetero) is 1. The first-order chi connectivity index (χ1) is 11.0. The Balaban J connectivity index is 2.03. The summed E-state index contributed by atoms with van der Waals surface area (Å²) in [6.07, 6.45) is 0.208. The molecule has 2 aromatic rings. The average Bonchev–Trinajstić information content (AvgIpc) is 2.53. The summed E-state index contributed by atoms with van der Waals surface area (Å²) >= 11 is 0. The molecule has 6 nitrogen and oxygen atoms in total. The highest BCUT2D eigenvalue weighted by molar-refractivity contribution is 6.02. The molecule has 0 heterocycles. The maximum Gasteiger partial charge on any atom is 0.336 e. The third kappa shape index (κ3) is 4.41. The van der Waals surface area contributed by atoms with Crippen molar-refractivity contribution in [2.24, 2.45) is 0 Å². The Hall–Kier alpha value is -3.15. The molecule has 23 heavy (non-hydrogen) atoms. The van der Waals surface area contributed by atoms with Crippen molar-refractivity contribution in [2.75, 3.05) is 6.61 Å².